The van der Waals surface area contributed by atoms with Gasteiger partial charge in [0.25, 0.3) is 0 Å². The van der Waals surface area contributed by atoms with Crippen LogP contribution in [0.4, 0.5) is 0 Å². The number of benzene rings is 1. The number of nitrogens with zero attached hydrogens (tertiary/aromatic N) is 2. The van der Waals surface area contributed by atoms with Crippen LogP contribution in [0.3, 0.4) is 0 Å². The van der Waals surface area contributed by atoms with Crippen molar-refractivity contribution in [1.29, 1.82) is 0 Å². The Labute approximate surface area is 212 Å². The van der Waals surface area contributed by atoms with Gasteiger partial charge in [-0.3, -0.25) is 9.89 Å². The quantitative estimate of drug-likeness (QED) is 0.203. The van der Waals surface area contributed by atoms with Crippen molar-refractivity contribution in [2.24, 2.45) is 16.3 Å². The maximum Gasteiger partial charge on any atom is 0.191 e. The molecule has 1 fully saturated rings. The lowest BCUT2D eigenvalue weighted by Crippen LogP contribution is -2.43. The lowest BCUT2D eigenvalue weighted by molar-refractivity contribution is 0.174. The van der Waals surface area contributed by atoms with Crippen LogP contribution < -0.4 is 15.4 Å². The van der Waals surface area contributed by atoms with Crippen LogP contribution in [0.5, 0.6) is 5.75 Å². The molecule has 0 bridgehead atoms. The molecule has 1 saturated heterocycles. The Hall–Kier alpha value is -1.06. The van der Waals surface area contributed by atoms with E-state index in [0.29, 0.717) is 5.92 Å². The summed E-state index contributed by atoms with van der Waals surface area (Å²) in [7, 11) is 1.71. The van der Waals surface area contributed by atoms with Gasteiger partial charge >= 0.3 is 0 Å². The Morgan fingerprint density at radius 3 is 2.31 bits per heavy atom. The molecule has 1 heterocycles. The number of rotatable bonds is 12. The van der Waals surface area contributed by atoms with Gasteiger partial charge < -0.3 is 20.5 Å². The molecule has 3 N–H and O–H groups in total. The van der Waals surface area contributed by atoms with Gasteiger partial charge in [-0.2, -0.15) is 0 Å². The van der Waals surface area contributed by atoms with Gasteiger partial charge in [0.1, 0.15) is 5.75 Å². The topological polar surface area (TPSA) is 69.1 Å². The fourth-order valence-corrected chi connectivity index (χ4v) is 4.31. The van der Waals surface area contributed by atoms with Gasteiger partial charge in [0.05, 0.1) is 7.11 Å². The zero-order chi connectivity index (χ0) is 22.5. The monoisotopic (exact) mass is 560 g/mol. The van der Waals surface area contributed by atoms with Crippen LogP contribution in [-0.2, 0) is 6.54 Å². The van der Waals surface area contributed by atoms with E-state index in [-0.39, 0.29) is 36.0 Å². The molecule has 2 rings (SSSR count). The van der Waals surface area contributed by atoms with Gasteiger partial charge in [-0.05, 0) is 81.1 Å². The van der Waals surface area contributed by atoms with Crippen LogP contribution in [0.15, 0.2) is 29.3 Å². The minimum Gasteiger partial charge on any atom is -0.497 e. The van der Waals surface area contributed by atoms with Gasteiger partial charge in [-0.25, -0.2) is 0 Å². The molecule has 1 aromatic carbocycles. The number of aliphatic imine (C=N–C) groups is 1. The van der Waals surface area contributed by atoms with Crippen molar-refractivity contribution < 1.29 is 9.84 Å². The number of ether oxygens (including phenoxy) is 1. The van der Waals surface area contributed by atoms with Crippen molar-refractivity contribution in [3.8, 4) is 5.75 Å². The van der Waals surface area contributed by atoms with E-state index in [0.717, 1.165) is 70.2 Å². The van der Waals surface area contributed by atoms with Gasteiger partial charge in [0, 0.05) is 32.8 Å². The van der Waals surface area contributed by atoms with Gasteiger partial charge in [0.2, 0.25) is 0 Å². The highest BCUT2D eigenvalue weighted by molar-refractivity contribution is 14.0. The van der Waals surface area contributed by atoms with Crippen molar-refractivity contribution in [2.45, 2.75) is 59.4 Å². The van der Waals surface area contributed by atoms with Crippen molar-refractivity contribution >= 4 is 29.9 Å². The maximum atomic E-state index is 9.46. The summed E-state index contributed by atoms with van der Waals surface area (Å²) < 4.78 is 5.25. The Morgan fingerprint density at radius 2 is 1.78 bits per heavy atom. The highest BCUT2D eigenvalue weighted by atomic mass is 127. The third-order valence-corrected chi connectivity index (χ3v) is 6.89. The molecular formula is C25H45IN4O2. The molecule has 6 nitrogen and oxygen atoms in total. The highest BCUT2D eigenvalue weighted by Gasteiger charge is 2.25. The van der Waals surface area contributed by atoms with Crippen molar-refractivity contribution in [2.75, 3.05) is 46.4 Å². The zero-order valence-electron chi connectivity index (χ0n) is 20.5. The summed E-state index contributed by atoms with van der Waals surface area (Å²) in [4.78, 5) is 7.42. The fourth-order valence-electron chi connectivity index (χ4n) is 4.31. The molecule has 0 atom stereocenters. The van der Waals surface area contributed by atoms with Crippen LogP contribution in [0, 0.1) is 11.3 Å². The van der Waals surface area contributed by atoms with E-state index in [9.17, 15) is 5.11 Å². The number of aliphatic hydroxyl groups excluding tert-OH is 1. The van der Waals surface area contributed by atoms with E-state index in [1.54, 1.807) is 7.11 Å². The summed E-state index contributed by atoms with van der Waals surface area (Å²) in [6, 6.07) is 8.41. The molecule has 0 saturated carbocycles. The fraction of sp³-hybridized carbons (Fsp3) is 0.720. The molecule has 0 aromatic heterocycles. The number of methoxy groups -OCH3 is 1. The number of likely N-dealkylation sites (tertiary alicyclic amines) is 1. The predicted octanol–water partition coefficient (Wildman–Crippen LogP) is 4.27. The number of guanidine groups is 1. The van der Waals surface area contributed by atoms with Crippen LogP contribution >= 0.6 is 24.0 Å². The maximum absolute atomic E-state index is 9.46. The number of halogens is 1. The number of hydrogen-bond acceptors (Lipinski definition) is 4. The van der Waals surface area contributed by atoms with Gasteiger partial charge in [0.15, 0.2) is 5.96 Å². The Morgan fingerprint density at radius 1 is 1.12 bits per heavy atom. The normalized spacial score (nSPS) is 15.8. The third kappa shape index (κ3) is 9.43. The van der Waals surface area contributed by atoms with Gasteiger partial charge in [-0.15, -0.1) is 24.0 Å². The predicted molar refractivity (Wildman–Crippen MR) is 145 cm³/mol. The summed E-state index contributed by atoms with van der Waals surface area (Å²) in [6.07, 6.45) is 5.32. The highest BCUT2D eigenvalue weighted by Crippen LogP contribution is 2.30. The number of nitrogens with one attached hydrogen (secondary N) is 2. The number of aliphatic hydroxyl groups is 1. The third-order valence-electron chi connectivity index (χ3n) is 6.89. The number of piperidine rings is 1. The first-order valence-corrected chi connectivity index (χ1v) is 12.1. The summed E-state index contributed by atoms with van der Waals surface area (Å²) in [6.45, 7) is 12.6. The average Bonchev–Trinajstić information content (AvgIpc) is 2.81. The lowest BCUT2D eigenvalue weighted by atomic mass is 9.79. The van der Waals surface area contributed by atoms with Crippen LogP contribution in [0.2, 0.25) is 0 Å². The molecule has 1 aromatic rings. The standard InChI is InChI=1S/C25H44N4O2.HI/c1-5-25(6-2,14-17-30)20-28-24(26-7-3)27-18-21-12-15-29(16-13-21)19-22-8-10-23(31-4)11-9-22;/h8-11,21,30H,5-7,12-20H2,1-4H3,(H2,26,27,28);1H. The van der Waals surface area contributed by atoms with Crippen molar-refractivity contribution in [1.82, 2.24) is 15.5 Å². The summed E-state index contributed by atoms with van der Waals surface area (Å²) >= 11 is 0. The largest absolute Gasteiger partial charge is 0.497 e. The lowest BCUT2D eigenvalue weighted by Gasteiger charge is -2.32. The van der Waals surface area contributed by atoms with Crippen molar-refractivity contribution in [3.05, 3.63) is 29.8 Å². The molecule has 184 valence electrons. The molecule has 0 aliphatic carbocycles. The summed E-state index contributed by atoms with van der Waals surface area (Å²) in [5.74, 6) is 2.50. The van der Waals surface area contributed by atoms with Crippen LogP contribution in [-0.4, -0.2) is 62.4 Å². The van der Waals surface area contributed by atoms with Crippen molar-refractivity contribution in [3.63, 3.8) is 0 Å². The number of hydrogen-bond donors (Lipinski definition) is 3. The molecule has 0 spiro atoms. The van der Waals surface area contributed by atoms with E-state index in [4.69, 9.17) is 9.73 Å². The molecule has 0 unspecified atom stereocenters. The molecule has 7 heteroatoms. The van der Waals surface area contributed by atoms with Crippen LogP contribution in [0.25, 0.3) is 0 Å². The Balaban J connectivity index is 0.00000512. The second kappa shape index (κ2) is 15.7. The van der Waals surface area contributed by atoms with Crippen LogP contribution in [0.1, 0.15) is 58.4 Å². The molecule has 0 amide bonds. The summed E-state index contributed by atoms with van der Waals surface area (Å²) in [5.41, 5.74) is 1.45. The second-order valence-corrected chi connectivity index (χ2v) is 8.82. The van der Waals surface area contributed by atoms with Gasteiger partial charge in [-0.1, -0.05) is 26.0 Å². The first kappa shape index (κ1) is 29.0. The minimum absolute atomic E-state index is 0. The van der Waals surface area contributed by atoms with E-state index in [1.807, 2.05) is 12.1 Å². The SMILES string of the molecule is CCNC(=NCC(CC)(CC)CCO)NCC1CCN(Cc2ccc(OC)cc2)CC1.I. The van der Waals surface area contributed by atoms with E-state index in [2.05, 4.69) is 48.4 Å². The second-order valence-electron chi connectivity index (χ2n) is 8.82. The van der Waals surface area contributed by atoms with E-state index >= 15 is 0 Å². The molecule has 32 heavy (non-hydrogen) atoms. The average molecular weight is 561 g/mol. The molecule has 1 aliphatic heterocycles. The van der Waals surface area contributed by atoms with E-state index in [1.165, 1.54) is 18.4 Å². The molecule has 0 radical (unpaired) electrons. The smallest absolute Gasteiger partial charge is 0.191 e. The Bertz CT molecular complexity index is 642. The molecular weight excluding hydrogens is 515 g/mol. The molecule has 1 aliphatic rings. The zero-order valence-corrected chi connectivity index (χ0v) is 22.9. The minimum atomic E-state index is 0. The Kier molecular flexibility index (Phi) is 14.2. The summed E-state index contributed by atoms with van der Waals surface area (Å²) in [5, 5.41) is 16.4. The first-order chi connectivity index (χ1) is 15.1. The first-order valence-electron chi connectivity index (χ1n) is 12.1. The van der Waals surface area contributed by atoms with E-state index < -0.39 is 0 Å².